The zero-order valence-electron chi connectivity index (χ0n) is 27.6. The van der Waals surface area contributed by atoms with Crippen LogP contribution in [0.1, 0.15) is 0 Å². The van der Waals surface area contributed by atoms with Gasteiger partial charge in [0.2, 0.25) is 0 Å². The minimum absolute atomic E-state index is 0.344. The second-order valence-electron chi connectivity index (χ2n) is 12.5. The highest BCUT2D eigenvalue weighted by Crippen LogP contribution is 2.52. The van der Waals surface area contributed by atoms with E-state index in [1.807, 2.05) is 36.4 Å². The zero-order valence-corrected chi connectivity index (χ0v) is 33.7. The van der Waals surface area contributed by atoms with E-state index in [1.54, 1.807) is 0 Å². The molecule has 0 fully saturated rings. The van der Waals surface area contributed by atoms with Gasteiger partial charge in [-0.1, -0.05) is 178 Å². The lowest BCUT2D eigenvalue weighted by atomic mass is 9.90. The van der Waals surface area contributed by atoms with Crippen LogP contribution >= 0.6 is 92.8 Å². The average Bonchev–Trinajstić information content (AvgIpc) is 3.16. The van der Waals surface area contributed by atoms with Crippen molar-refractivity contribution in [1.82, 2.24) is 0 Å². The Hall–Kier alpha value is -4.14. The van der Waals surface area contributed by atoms with Crippen LogP contribution in [0.25, 0.3) is 86.2 Å². The van der Waals surface area contributed by atoms with E-state index >= 15 is 0 Å². The fourth-order valence-corrected chi connectivity index (χ4v) is 9.79. The van der Waals surface area contributed by atoms with Crippen molar-refractivity contribution in [1.29, 1.82) is 0 Å². The first-order valence-electron chi connectivity index (χ1n) is 16.2. The molecule has 0 aromatic heterocycles. The fourth-order valence-electron chi connectivity index (χ4n) is 7.56. The number of carbonyl (C=O) groups excluding carboxylic acids is 2. The highest BCUT2D eigenvalue weighted by molar-refractivity contribution is 6.58. The smallest absolute Gasteiger partial charge is 0.360 e. The largest absolute Gasteiger partial charge is 0.413 e. The highest BCUT2D eigenvalue weighted by atomic mass is 35.5. The third-order valence-corrected chi connectivity index (χ3v) is 12.9. The van der Waals surface area contributed by atoms with Crippen molar-refractivity contribution in [2.75, 3.05) is 0 Å². The van der Waals surface area contributed by atoms with E-state index < -0.39 is 12.2 Å². The maximum absolute atomic E-state index is 9.51. The van der Waals surface area contributed by atoms with E-state index in [0.717, 1.165) is 64.6 Å². The minimum atomic E-state index is -1.19. The van der Waals surface area contributed by atoms with Crippen LogP contribution in [-0.2, 0) is 4.74 Å². The molecular weight excluding hydrogens is 864 g/mol. The summed E-state index contributed by atoms with van der Waals surface area (Å²) in [6, 6.07) is 32.8. The summed E-state index contributed by atoms with van der Waals surface area (Å²) in [6.45, 7) is 0. The van der Waals surface area contributed by atoms with Crippen LogP contribution < -0.4 is 11.5 Å². The summed E-state index contributed by atoms with van der Waals surface area (Å²) < 4.78 is 3.53. The summed E-state index contributed by atoms with van der Waals surface area (Å²) in [4.78, 5) is 19.0. The van der Waals surface area contributed by atoms with Crippen LogP contribution in [0, 0.1) is 0 Å². The number of hydrogen-bond acceptors (Lipinski definition) is 3. The molecule has 5 nitrogen and oxygen atoms in total. The van der Waals surface area contributed by atoms with Gasteiger partial charge in [0, 0.05) is 32.3 Å². The summed E-state index contributed by atoms with van der Waals surface area (Å²) in [5.74, 6) is 0. The van der Waals surface area contributed by atoms with Gasteiger partial charge in [-0.25, -0.2) is 9.59 Å². The van der Waals surface area contributed by atoms with Crippen molar-refractivity contribution >= 4 is 191 Å². The fraction of sp³-hybridized carbons (Fsp3) is 0. The number of hydrogen-bond donors (Lipinski definition) is 2. The number of rotatable bonds is 0. The number of amides is 2. The third-order valence-electron chi connectivity index (χ3n) is 9.59. The maximum Gasteiger partial charge on any atom is 0.413 e. The van der Waals surface area contributed by atoms with Crippen molar-refractivity contribution in [3.8, 4) is 0 Å². The third kappa shape index (κ3) is 6.01. The van der Waals surface area contributed by atoms with Gasteiger partial charge in [0.25, 0.3) is 0 Å². The molecule has 10 rings (SSSR count). The van der Waals surface area contributed by atoms with Gasteiger partial charge in [0.15, 0.2) is 0 Å². The second kappa shape index (κ2) is 14.4. The Morgan fingerprint density at radius 3 is 0.982 bits per heavy atom. The Morgan fingerprint density at radius 1 is 0.345 bits per heavy atom. The SMILES string of the molecule is Clc1c(Cl)c2c(Cl)ccc3c4cccc5cccc(c(c1Cl)c23)c54.Clc1c(Cl)c2c(Cl)ccc3c4cccc5cccc(c(c1Cl)c23)c54.NC(=O)OC(N)=O. The molecule has 0 saturated heterocycles. The van der Waals surface area contributed by atoms with Crippen molar-refractivity contribution in [2.24, 2.45) is 11.5 Å². The summed E-state index contributed by atoms with van der Waals surface area (Å²) >= 11 is 52.0. The van der Waals surface area contributed by atoms with Gasteiger partial charge < -0.3 is 16.2 Å². The van der Waals surface area contributed by atoms with Crippen molar-refractivity contribution in [3.05, 3.63) is 137 Å². The van der Waals surface area contributed by atoms with Crippen LogP contribution in [-0.4, -0.2) is 12.2 Å². The van der Waals surface area contributed by atoms with Gasteiger partial charge in [-0.15, -0.1) is 0 Å². The minimum Gasteiger partial charge on any atom is -0.360 e. The Bertz CT molecular complexity index is 3020. The molecule has 0 unspecified atom stereocenters. The summed E-state index contributed by atoms with van der Waals surface area (Å²) in [6.07, 6.45) is -2.38. The second-order valence-corrected chi connectivity index (χ2v) is 15.6. The number of carbonyl (C=O) groups is 2. The van der Waals surface area contributed by atoms with Gasteiger partial charge in [0.1, 0.15) is 0 Å². The standard InChI is InChI=1S/2C20H8Cl4.C2H4N2O3/c2*21-13-8-7-11-10-5-1-3-9-4-2-6-12(14(9)10)16-15(11)17(13)19(23)20(24)18(16)22;3-1(5)7-2(4)6/h2*1-8H;(H2,3,5)(H2,4,6). The predicted octanol–water partition coefficient (Wildman–Crippen LogP) is 15.9. The molecule has 55 heavy (non-hydrogen) atoms. The summed E-state index contributed by atoms with van der Waals surface area (Å²) in [5.41, 5.74) is 8.66. The first-order valence-corrected chi connectivity index (χ1v) is 19.2. The normalized spacial score (nSPS) is 11.6. The molecule has 0 spiro atoms. The van der Waals surface area contributed by atoms with Crippen molar-refractivity contribution < 1.29 is 14.3 Å². The molecule has 2 amide bonds. The van der Waals surface area contributed by atoms with Gasteiger partial charge >= 0.3 is 12.2 Å². The predicted molar refractivity (Wildman–Crippen MR) is 236 cm³/mol. The molecule has 0 aliphatic heterocycles. The molecule has 0 atom stereocenters. The molecular formula is C42H20Cl8N2O3. The molecule has 0 bridgehead atoms. The Kier molecular flexibility index (Phi) is 9.90. The summed E-state index contributed by atoms with van der Waals surface area (Å²) in [5, 5.41) is 20.1. The number of ether oxygens (including phenoxy) is 1. The molecule has 13 heteroatoms. The van der Waals surface area contributed by atoms with Crippen LogP contribution in [0.5, 0.6) is 0 Å². The van der Waals surface area contributed by atoms with Crippen LogP contribution in [0.2, 0.25) is 40.2 Å². The van der Waals surface area contributed by atoms with E-state index in [4.69, 9.17) is 92.8 Å². The number of fused-ring (bicyclic) bond motifs is 4. The average molecular weight is 884 g/mol. The topological polar surface area (TPSA) is 95.4 Å². The van der Waals surface area contributed by atoms with Gasteiger partial charge in [0.05, 0.1) is 40.2 Å². The number of nitrogens with two attached hydrogens (primary N) is 2. The van der Waals surface area contributed by atoms with Gasteiger partial charge in [-0.2, -0.15) is 0 Å². The van der Waals surface area contributed by atoms with Crippen molar-refractivity contribution in [2.45, 2.75) is 0 Å². The lowest BCUT2D eigenvalue weighted by molar-refractivity contribution is 0.164. The lowest BCUT2D eigenvalue weighted by Crippen LogP contribution is -2.22. The van der Waals surface area contributed by atoms with Crippen molar-refractivity contribution in [3.63, 3.8) is 0 Å². The first-order chi connectivity index (χ1) is 26.3. The molecule has 0 saturated carbocycles. The van der Waals surface area contributed by atoms with Crippen LogP contribution in [0.3, 0.4) is 0 Å². The maximum atomic E-state index is 9.51. The van der Waals surface area contributed by atoms with E-state index in [-0.39, 0.29) is 0 Å². The molecule has 272 valence electrons. The number of benzene rings is 10. The van der Waals surface area contributed by atoms with E-state index in [1.165, 1.54) is 21.5 Å². The van der Waals surface area contributed by atoms with E-state index in [9.17, 15) is 9.59 Å². The number of primary amides is 2. The molecule has 10 aromatic carbocycles. The molecule has 0 aliphatic rings. The molecule has 0 aliphatic carbocycles. The Labute approximate surface area is 351 Å². The Morgan fingerprint density at radius 2 is 0.655 bits per heavy atom. The number of halogens is 8. The molecule has 10 aromatic rings. The molecule has 4 N–H and O–H groups in total. The molecule has 0 radical (unpaired) electrons. The lowest BCUT2D eigenvalue weighted by Gasteiger charge is -2.18. The quantitative estimate of drug-likeness (QED) is 0.0687. The van der Waals surface area contributed by atoms with Gasteiger partial charge in [-0.05, 0) is 66.0 Å². The molecule has 0 heterocycles. The van der Waals surface area contributed by atoms with Gasteiger partial charge in [-0.3, -0.25) is 0 Å². The highest BCUT2D eigenvalue weighted by Gasteiger charge is 2.23. The Balaban J connectivity index is 0.000000133. The monoisotopic (exact) mass is 880 g/mol. The zero-order chi connectivity index (χ0) is 39.0. The van der Waals surface area contributed by atoms with Crippen LogP contribution in [0.4, 0.5) is 9.59 Å². The van der Waals surface area contributed by atoms with E-state index in [2.05, 4.69) is 76.9 Å². The summed E-state index contributed by atoms with van der Waals surface area (Å²) in [7, 11) is 0. The van der Waals surface area contributed by atoms with E-state index in [0.29, 0.717) is 40.2 Å². The first kappa shape index (κ1) is 37.8. The van der Waals surface area contributed by atoms with Crippen LogP contribution in [0.15, 0.2) is 97.1 Å².